The number of oxazole rings is 1. The Balaban J connectivity index is 2.61. The fraction of sp³-hybridized carbons (Fsp3) is 0.364. The molecule has 0 atom stereocenters. The number of aromatic nitrogens is 1. The molecular formula is C11H12NO. The smallest absolute Gasteiger partial charge is 0.284 e. The third-order valence-corrected chi connectivity index (χ3v) is 2.15. The van der Waals surface area contributed by atoms with Crippen molar-refractivity contribution in [2.75, 3.05) is 0 Å². The molecule has 0 bridgehead atoms. The molecule has 0 fully saturated rings. The zero-order chi connectivity index (χ0) is 9.47. The van der Waals surface area contributed by atoms with Crippen molar-refractivity contribution in [2.24, 2.45) is 0 Å². The highest BCUT2D eigenvalue weighted by Crippen LogP contribution is 2.25. The van der Waals surface area contributed by atoms with E-state index in [4.69, 9.17) is 4.42 Å². The SMILES string of the molecule is CC(C)(C)c1ccc2o[c]nc2c1. The molecule has 0 aliphatic rings. The number of benzene rings is 1. The van der Waals surface area contributed by atoms with Crippen molar-refractivity contribution in [1.29, 1.82) is 0 Å². The first-order valence-electron chi connectivity index (χ1n) is 4.34. The molecule has 0 saturated carbocycles. The fourth-order valence-electron chi connectivity index (χ4n) is 1.28. The van der Waals surface area contributed by atoms with Crippen molar-refractivity contribution in [3.05, 3.63) is 30.2 Å². The molecule has 67 valence electrons. The van der Waals surface area contributed by atoms with Gasteiger partial charge in [-0.15, -0.1) is 0 Å². The maximum Gasteiger partial charge on any atom is 0.284 e. The van der Waals surface area contributed by atoms with Gasteiger partial charge in [-0.2, -0.15) is 0 Å². The lowest BCUT2D eigenvalue weighted by Gasteiger charge is -2.18. The van der Waals surface area contributed by atoms with E-state index >= 15 is 0 Å². The van der Waals surface area contributed by atoms with E-state index in [1.807, 2.05) is 6.07 Å². The first kappa shape index (κ1) is 8.30. The van der Waals surface area contributed by atoms with Gasteiger partial charge >= 0.3 is 0 Å². The van der Waals surface area contributed by atoms with Gasteiger partial charge in [-0.1, -0.05) is 26.8 Å². The van der Waals surface area contributed by atoms with E-state index in [2.05, 4.69) is 44.3 Å². The molecule has 0 unspecified atom stereocenters. The molecule has 0 saturated heterocycles. The molecule has 0 N–H and O–H groups in total. The number of hydrogen-bond acceptors (Lipinski definition) is 2. The van der Waals surface area contributed by atoms with Gasteiger partial charge in [0, 0.05) is 0 Å². The Labute approximate surface area is 77.6 Å². The van der Waals surface area contributed by atoms with Crippen LogP contribution in [0.15, 0.2) is 22.6 Å². The minimum Gasteiger partial charge on any atom is -0.432 e. The molecule has 1 aromatic heterocycles. The molecule has 0 spiro atoms. The molecule has 0 aliphatic carbocycles. The van der Waals surface area contributed by atoms with Gasteiger partial charge in [-0.25, -0.2) is 4.98 Å². The molecule has 0 aliphatic heterocycles. The van der Waals surface area contributed by atoms with Gasteiger partial charge in [0.1, 0.15) is 5.52 Å². The number of rotatable bonds is 0. The number of nitrogens with zero attached hydrogens (tertiary/aromatic N) is 1. The largest absolute Gasteiger partial charge is 0.432 e. The predicted molar refractivity (Wildman–Crippen MR) is 51.5 cm³/mol. The summed E-state index contributed by atoms with van der Waals surface area (Å²) in [5.41, 5.74) is 3.11. The monoisotopic (exact) mass is 174 g/mol. The molecule has 2 nitrogen and oxygen atoms in total. The third-order valence-electron chi connectivity index (χ3n) is 2.15. The van der Waals surface area contributed by atoms with E-state index in [-0.39, 0.29) is 5.41 Å². The molecule has 1 heterocycles. The summed E-state index contributed by atoms with van der Waals surface area (Å²) < 4.78 is 5.05. The fourth-order valence-corrected chi connectivity index (χ4v) is 1.28. The van der Waals surface area contributed by atoms with Gasteiger partial charge in [0.15, 0.2) is 5.58 Å². The summed E-state index contributed by atoms with van der Waals surface area (Å²) in [5, 5.41) is 0. The summed E-state index contributed by atoms with van der Waals surface area (Å²) in [6.45, 7) is 6.54. The van der Waals surface area contributed by atoms with E-state index < -0.39 is 0 Å². The van der Waals surface area contributed by atoms with E-state index in [1.165, 1.54) is 5.56 Å². The van der Waals surface area contributed by atoms with E-state index in [0.717, 1.165) is 11.1 Å². The Bertz CT molecular complexity index is 423. The van der Waals surface area contributed by atoms with E-state index in [9.17, 15) is 0 Å². The standard InChI is InChI=1S/C11H12NO/c1-11(2,3)8-4-5-10-9(6-8)12-7-13-10/h4-6H,1-3H3. The van der Waals surface area contributed by atoms with Crippen LogP contribution >= 0.6 is 0 Å². The zero-order valence-electron chi connectivity index (χ0n) is 8.09. The van der Waals surface area contributed by atoms with Crippen molar-refractivity contribution < 1.29 is 4.42 Å². The van der Waals surface area contributed by atoms with Crippen LogP contribution in [-0.2, 0) is 5.41 Å². The van der Waals surface area contributed by atoms with Gasteiger partial charge in [-0.3, -0.25) is 0 Å². The summed E-state index contributed by atoms with van der Waals surface area (Å²) in [7, 11) is 0. The van der Waals surface area contributed by atoms with Crippen molar-refractivity contribution in [3.63, 3.8) is 0 Å². The van der Waals surface area contributed by atoms with E-state index in [1.54, 1.807) is 0 Å². The van der Waals surface area contributed by atoms with E-state index in [0.29, 0.717) is 0 Å². The van der Waals surface area contributed by atoms with Gasteiger partial charge in [0.2, 0.25) is 0 Å². The number of hydrogen-bond donors (Lipinski definition) is 0. The summed E-state index contributed by atoms with van der Waals surface area (Å²) in [6.07, 6.45) is 2.49. The Morgan fingerprint density at radius 3 is 2.77 bits per heavy atom. The second-order valence-electron chi connectivity index (χ2n) is 4.24. The van der Waals surface area contributed by atoms with Crippen LogP contribution < -0.4 is 0 Å². The summed E-state index contributed by atoms with van der Waals surface area (Å²) in [4.78, 5) is 4.00. The minimum absolute atomic E-state index is 0.160. The lowest BCUT2D eigenvalue weighted by molar-refractivity contribution is 0.585. The molecule has 1 radical (unpaired) electrons. The average molecular weight is 174 g/mol. The van der Waals surface area contributed by atoms with Gasteiger partial charge < -0.3 is 4.42 Å². The Morgan fingerprint density at radius 2 is 2.08 bits per heavy atom. The molecular weight excluding hydrogens is 162 g/mol. The summed E-state index contributed by atoms with van der Waals surface area (Å²) in [5.74, 6) is 0. The molecule has 1 aromatic carbocycles. The van der Waals surface area contributed by atoms with Crippen LogP contribution in [0.5, 0.6) is 0 Å². The topological polar surface area (TPSA) is 26.0 Å². The van der Waals surface area contributed by atoms with Crippen LogP contribution in [0.4, 0.5) is 0 Å². The second-order valence-corrected chi connectivity index (χ2v) is 4.24. The molecule has 2 aromatic rings. The molecule has 0 amide bonds. The molecule has 13 heavy (non-hydrogen) atoms. The lowest BCUT2D eigenvalue weighted by Crippen LogP contribution is -2.10. The average Bonchev–Trinajstić information content (AvgIpc) is 2.47. The predicted octanol–water partition coefficient (Wildman–Crippen LogP) is 2.93. The minimum atomic E-state index is 0.160. The Morgan fingerprint density at radius 1 is 1.31 bits per heavy atom. The Kier molecular flexibility index (Phi) is 1.65. The normalized spacial score (nSPS) is 12.2. The highest BCUT2D eigenvalue weighted by atomic mass is 16.3. The maximum atomic E-state index is 5.05. The van der Waals surface area contributed by atoms with Crippen molar-refractivity contribution in [3.8, 4) is 0 Å². The second kappa shape index (κ2) is 2.59. The van der Waals surface area contributed by atoms with Crippen molar-refractivity contribution >= 4 is 11.1 Å². The first-order chi connectivity index (χ1) is 6.07. The van der Waals surface area contributed by atoms with Crippen LogP contribution in [-0.4, -0.2) is 4.98 Å². The molecule has 2 heteroatoms. The summed E-state index contributed by atoms with van der Waals surface area (Å²) >= 11 is 0. The van der Waals surface area contributed by atoms with Crippen LogP contribution in [0.3, 0.4) is 0 Å². The van der Waals surface area contributed by atoms with Crippen LogP contribution in [0, 0.1) is 6.39 Å². The quantitative estimate of drug-likeness (QED) is 0.613. The highest BCUT2D eigenvalue weighted by Gasteiger charge is 2.14. The van der Waals surface area contributed by atoms with Crippen LogP contribution in [0.1, 0.15) is 26.3 Å². The maximum absolute atomic E-state index is 5.05. The van der Waals surface area contributed by atoms with Gasteiger partial charge in [-0.05, 0) is 23.1 Å². The van der Waals surface area contributed by atoms with Crippen LogP contribution in [0.2, 0.25) is 0 Å². The van der Waals surface area contributed by atoms with Crippen LogP contribution in [0.25, 0.3) is 11.1 Å². The third kappa shape index (κ3) is 1.44. The molecule has 2 rings (SSSR count). The zero-order valence-corrected chi connectivity index (χ0v) is 8.09. The van der Waals surface area contributed by atoms with Crippen molar-refractivity contribution in [1.82, 2.24) is 4.98 Å². The van der Waals surface area contributed by atoms with Gasteiger partial charge in [0.25, 0.3) is 6.39 Å². The Hall–Kier alpha value is -1.31. The summed E-state index contributed by atoms with van der Waals surface area (Å²) in [6, 6.07) is 6.07. The van der Waals surface area contributed by atoms with Crippen molar-refractivity contribution in [2.45, 2.75) is 26.2 Å². The number of fused-ring (bicyclic) bond motifs is 1. The highest BCUT2D eigenvalue weighted by molar-refractivity contribution is 5.73. The lowest BCUT2D eigenvalue weighted by atomic mass is 9.87. The van der Waals surface area contributed by atoms with Gasteiger partial charge in [0.05, 0.1) is 0 Å². The first-order valence-corrected chi connectivity index (χ1v) is 4.34.